The number of hydrogen-bond acceptors (Lipinski definition) is 4. The molecule has 1 saturated carbocycles. The van der Waals surface area contributed by atoms with E-state index in [1.165, 1.54) is 44.1 Å². The summed E-state index contributed by atoms with van der Waals surface area (Å²) in [5.74, 6) is 0.869. The van der Waals surface area contributed by atoms with E-state index in [-0.39, 0.29) is 25.5 Å². The smallest absolute Gasteiger partial charge is 0.216 e. The van der Waals surface area contributed by atoms with Crippen molar-refractivity contribution >= 4 is 35.3 Å². The third-order valence-corrected chi connectivity index (χ3v) is 12.3. The van der Waals surface area contributed by atoms with E-state index in [0.717, 1.165) is 62.5 Å². The Morgan fingerprint density at radius 2 is 1.54 bits per heavy atom. The maximum atomic E-state index is 6.26. The van der Waals surface area contributed by atoms with E-state index in [9.17, 15) is 0 Å². The SMILES string of the molecule is CC(C)(C)Cc1ccnc(-c2[c-]ccc3c2oc2nc(-c4ccccc4)ccc23)c1.C[Si](C)(C)c1cnc(-c2[c-]cccc2)cc1CC1CCCCC1.[Ir]. The van der Waals surface area contributed by atoms with Crippen LogP contribution in [0.2, 0.25) is 19.6 Å². The van der Waals surface area contributed by atoms with Gasteiger partial charge in [-0.2, -0.15) is 0 Å². The van der Waals surface area contributed by atoms with Gasteiger partial charge in [0.1, 0.15) is 0 Å². The van der Waals surface area contributed by atoms with Crippen LogP contribution in [0.4, 0.5) is 0 Å². The van der Waals surface area contributed by atoms with Crippen molar-refractivity contribution in [2.75, 3.05) is 0 Å². The van der Waals surface area contributed by atoms with E-state index in [4.69, 9.17) is 14.4 Å². The molecule has 4 nitrogen and oxygen atoms in total. The van der Waals surface area contributed by atoms with Gasteiger partial charge in [-0.05, 0) is 58.9 Å². The zero-order valence-corrected chi connectivity index (χ0v) is 35.9. The van der Waals surface area contributed by atoms with Crippen molar-refractivity contribution in [2.24, 2.45) is 11.3 Å². The molecule has 0 atom stereocenters. The Morgan fingerprint density at radius 1 is 0.759 bits per heavy atom. The van der Waals surface area contributed by atoms with Gasteiger partial charge in [-0.25, -0.2) is 4.98 Å². The molecule has 279 valence electrons. The Labute approximate surface area is 336 Å². The van der Waals surface area contributed by atoms with Crippen molar-refractivity contribution in [1.82, 2.24) is 15.0 Å². The Hall–Kier alpha value is -4.22. The predicted molar refractivity (Wildman–Crippen MR) is 224 cm³/mol. The third-order valence-electron chi connectivity index (χ3n) is 10.2. The Kier molecular flexibility index (Phi) is 12.5. The molecule has 3 aromatic carbocycles. The van der Waals surface area contributed by atoms with Crippen molar-refractivity contribution in [3.8, 4) is 33.8 Å². The third kappa shape index (κ3) is 9.52. The van der Waals surface area contributed by atoms with Crippen molar-refractivity contribution in [3.63, 3.8) is 0 Å². The van der Waals surface area contributed by atoms with Crippen molar-refractivity contribution < 1.29 is 24.5 Å². The van der Waals surface area contributed by atoms with Gasteiger partial charge in [0.05, 0.1) is 19.4 Å². The fourth-order valence-electron chi connectivity index (χ4n) is 7.66. The summed E-state index contributed by atoms with van der Waals surface area (Å²) in [6.07, 6.45) is 13.3. The second kappa shape index (κ2) is 17.1. The molecule has 1 aliphatic carbocycles. The molecule has 1 radical (unpaired) electrons. The largest absolute Gasteiger partial charge is 0.486 e. The molecule has 0 spiro atoms. The van der Waals surface area contributed by atoms with Gasteiger partial charge in [0.2, 0.25) is 5.71 Å². The normalized spacial score (nSPS) is 13.7. The summed E-state index contributed by atoms with van der Waals surface area (Å²) >= 11 is 0. The monoisotopic (exact) mass is 906 g/mol. The van der Waals surface area contributed by atoms with Gasteiger partial charge in [0, 0.05) is 43.4 Å². The molecular weight excluding hydrogens is 855 g/mol. The molecule has 54 heavy (non-hydrogen) atoms. The zero-order valence-electron chi connectivity index (χ0n) is 32.5. The molecule has 6 heteroatoms. The minimum atomic E-state index is -1.36. The number of pyridine rings is 3. The van der Waals surface area contributed by atoms with Crippen LogP contribution in [0.25, 0.3) is 55.8 Å². The second-order valence-electron chi connectivity index (χ2n) is 16.9. The van der Waals surface area contributed by atoms with Gasteiger partial charge in [0.25, 0.3) is 0 Å². The van der Waals surface area contributed by atoms with E-state index in [2.05, 4.69) is 112 Å². The van der Waals surface area contributed by atoms with Crippen molar-refractivity contribution in [3.05, 3.63) is 133 Å². The van der Waals surface area contributed by atoms with E-state index >= 15 is 0 Å². The molecule has 1 fully saturated rings. The van der Waals surface area contributed by atoms with E-state index in [1.807, 2.05) is 54.7 Å². The Morgan fingerprint density at radius 3 is 2.26 bits per heavy atom. The minimum absolute atomic E-state index is 0. The first kappa shape index (κ1) is 39.5. The van der Waals surface area contributed by atoms with Crippen LogP contribution in [0.5, 0.6) is 0 Å². The van der Waals surface area contributed by atoms with E-state index in [0.29, 0.717) is 5.71 Å². The summed E-state index contributed by atoms with van der Waals surface area (Å²) in [5.41, 5.74) is 10.4. The molecule has 0 amide bonds. The first-order chi connectivity index (χ1) is 25.5. The fourth-order valence-corrected chi connectivity index (χ4v) is 9.25. The Bertz CT molecular complexity index is 2300. The number of fused-ring (bicyclic) bond motifs is 3. The summed E-state index contributed by atoms with van der Waals surface area (Å²) in [4.78, 5) is 14.2. The molecule has 0 saturated heterocycles. The molecule has 7 aromatic rings. The first-order valence-electron chi connectivity index (χ1n) is 19.2. The topological polar surface area (TPSA) is 51.8 Å². The average Bonchev–Trinajstić information content (AvgIpc) is 3.53. The summed E-state index contributed by atoms with van der Waals surface area (Å²) in [6.45, 7) is 14.0. The van der Waals surface area contributed by atoms with Gasteiger partial charge in [-0.3, -0.25) is 0 Å². The Balaban J connectivity index is 0.000000187. The number of rotatable bonds is 7. The molecule has 0 unspecified atom stereocenters. The van der Waals surface area contributed by atoms with Crippen LogP contribution < -0.4 is 5.19 Å². The van der Waals surface area contributed by atoms with Gasteiger partial charge in [0.15, 0.2) is 0 Å². The maximum absolute atomic E-state index is 6.26. The first-order valence-corrected chi connectivity index (χ1v) is 22.7. The molecule has 0 aliphatic heterocycles. The summed E-state index contributed by atoms with van der Waals surface area (Å²) in [7, 11) is -1.36. The van der Waals surface area contributed by atoms with Gasteiger partial charge < -0.3 is 14.4 Å². The molecule has 8 rings (SSSR count). The van der Waals surface area contributed by atoms with Crippen LogP contribution in [0.3, 0.4) is 0 Å². The van der Waals surface area contributed by atoms with Crippen LogP contribution in [0.15, 0.2) is 114 Å². The fraction of sp³-hybridized carbons (Fsp3) is 0.312. The zero-order chi connectivity index (χ0) is 37.0. The molecule has 4 aromatic heterocycles. The number of hydrogen-bond donors (Lipinski definition) is 0. The van der Waals surface area contributed by atoms with Gasteiger partial charge >= 0.3 is 0 Å². The maximum Gasteiger partial charge on any atom is 0.216 e. The summed E-state index contributed by atoms with van der Waals surface area (Å²) in [5, 5.41) is 3.59. The summed E-state index contributed by atoms with van der Waals surface area (Å²) in [6, 6.07) is 39.7. The molecular formula is C48H51IrN3OSi-2. The molecule has 4 heterocycles. The van der Waals surface area contributed by atoms with Crippen LogP contribution in [-0.4, -0.2) is 23.0 Å². The van der Waals surface area contributed by atoms with Gasteiger partial charge in [-0.15, -0.1) is 54.1 Å². The van der Waals surface area contributed by atoms with Crippen molar-refractivity contribution in [1.29, 1.82) is 0 Å². The number of nitrogens with zero attached hydrogens (tertiary/aromatic N) is 3. The van der Waals surface area contributed by atoms with E-state index < -0.39 is 8.07 Å². The summed E-state index contributed by atoms with van der Waals surface area (Å²) < 4.78 is 6.26. The molecule has 0 N–H and O–H groups in total. The molecule has 1 aliphatic rings. The van der Waals surface area contributed by atoms with Crippen LogP contribution in [-0.2, 0) is 32.9 Å². The second-order valence-corrected chi connectivity index (χ2v) is 21.9. The van der Waals surface area contributed by atoms with E-state index in [1.54, 1.807) is 10.8 Å². The van der Waals surface area contributed by atoms with Crippen LogP contribution >= 0.6 is 0 Å². The average molecular weight is 906 g/mol. The van der Waals surface area contributed by atoms with Gasteiger partial charge in [-0.1, -0.05) is 137 Å². The van der Waals surface area contributed by atoms with Crippen LogP contribution in [0, 0.1) is 23.5 Å². The number of furan rings is 1. The number of benzene rings is 3. The number of aromatic nitrogens is 3. The standard InChI is InChI=1S/C27H23N2O.C21H28NSi.Ir/c1-27(2,3)17-18-14-15-28-24(16-18)22-11-7-10-20-21-12-13-23(19-8-5-4-6-9-19)29-26(21)30-25(20)22;1-23(2,3)21-16-22-20(18-12-8-5-9-13-18)15-19(21)14-17-10-6-4-7-11-17;/h4-10,12-16H,17H2,1-3H3;5,8-9,12,15-17H,4,6-7,10-11,14H2,1-3H3;/q2*-1;. The molecule has 0 bridgehead atoms. The quantitative estimate of drug-likeness (QED) is 0.118. The minimum Gasteiger partial charge on any atom is -0.486 e. The van der Waals surface area contributed by atoms with Crippen molar-refractivity contribution in [2.45, 2.75) is 85.4 Å². The van der Waals surface area contributed by atoms with Crippen LogP contribution in [0.1, 0.15) is 64.0 Å². The predicted octanol–water partition coefficient (Wildman–Crippen LogP) is 12.3.